The molecule has 0 fully saturated rings. The Hall–Kier alpha value is -2.86. The Morgan fingerprint density at radius 1 is 1.25 bits per heavy atom. The molecule has 28 heavy (non-hydrogen) atoms. The number of amides is 1. The van der Waals surface area contributed by atoms with Gasteiger partial charge >= 0.3 is 6.16 Å². The first-order chi connectivity index (χ1) is 13.4. The zero-order valence-electron chi connectivity index (χ0n) is 16.5. The van der Waals surface area contributed by atoms with Gasteiger partial charge in [-0.2, -0.15) is 0 Å². The molecule has 0 aliphatic carbocycles. The molecule has 1 aliphatic rings. The zero-order chi connectivity index (χ0) is 20.3. The highest BCUT2D eigenvalue weighted by Gasteiger charge is 2.29. The van der Waals surface area contributed by atoms with Gasteiger partial charge in [-0.15, -0.1) is 0 Å². The molecule has 6 heteroatoms. The minimum Gasteiger partial charge on any atom is -0.437 e. The highest BCUT2D eigenvalue weighted by atomic mass is 16.7. The highest BCUT2D eigenvalue weighted by Crippen LogP contribution is 2.30. The second-order valence-corrected chi connectivity index (χ2v) is 7.34. The quantitative estimate of drug-likeness (QED) is 0.648. The molecule has 0 bridgehead atoms. The monoisotopic (exact) mass is 382 g/mol. The van der Waals surface area contributed by atoms with Crippen molar-refractivity contribution in [1.82, 2.24) is 0 Å². The molecule has 1 heterocycles. The van der Waals surface area contributed by atoms with Crippen LogP contribution in [0.2, 0.25) is 0 Å². The van der Waals surface area contributed by atoms with Gasteiger partial charge in [-0.3, -0.25) is 4.79 Å². The van der Waals surface area contributed by atoms with Crippen LogP contribution in [0.15, 0.2) is 42.5 Å². The highest BCUT2D eigenvalue weighted by molar-refractivity contribution is 5.98. The van der Waals surface area contributed by atoms with E-state index in [2.05, 4.69) is 17.7 Å². The minimum atomic E-state index is -0.767. The molecule has 2 aromatic carbocycles. The number of para-hydroxylation sites is 1. The Morgan fingerprint density at radius 3 is 2.71 bits per heavy atom. The first-order valence-corrected chi connectivity index (χ1v) is 9.39. The lowest BCUT2D eigenvalue weighted by molar-refractivity contribution is -0.120. The third-order valence-corrected chi connectivity index (χ3v) is 5.05. The van der Waals surface area contributed by atoms with Gasteiger partial charge in [0.15, 0.2) is 0 Å². The van der Waals surface area contributed by atoms with Gasteiger partial charge in [0, 0.05) is 12.2 Å². The van der Waals surface area contributed by atoms with Gasteiger partial charge in [0.1, 0.15) is 5.75 Å². The predicted molar refractivity (Wildman–Crippen MR) is 108 cm³/mol. The second-order valence-electron chi connectivity index (χ2n) is 7.34. The number of rotatable bonds is 4. The summed E-state index contributed by atoms with van der Waals surface area (Å²) >= 11 is 0. The van der Waals surface area contributed by atoms with E-state index in [1.807, 2.05) is 36.1 Å². The smallest absolute Gasteiger partial charge is 0.437 e. The minimum absolute atomic E-state index is 0.0757. The van der Waals surface area contributed by atoms with Crippen LogP contribution in [0.4, 0.5) is 10.5 Å². The molecular formula is C22H26N2O4. The first-order valence-electron chi connectivity index (χ1n) is 9.39. The lowest BCUT2D eigenvalue weighted by Gasteiger charge is -2.34. The van der Waals surface area contributed by atoms with Crippen molar-refractivity contribution in [3.05, 3.63) is 59.2 Å². The number of ether oxygens (including phenoxy) is 2. The zero-order valence-corrected chi connectivity index (χ0v) is 16.5. The number of benzene rings is 2. The molecule has 2 aromatic rings. The average molecular weight is 382 g/mol. The van der Waals surface area contributed by atoms with Crippen LogP contribution in [-0.4, -0.2) is 31.8 Å². The van der Waals surface area contributed by atoms with Crippen molar-refractivity contribution in [1.29, 1.82) is 0 Å². The number of carbonyl (C=O) groups excluding carboxylic acids is 2. The van der Waals surface area contributed by atoms with Gasteiger partial charge in [-0.25, -0.2) is 4.79 Å². The van der Waals surface area contributed by atoms with Crippen molar-refractivity contribution in [3.63, 3.8) is 0 Å². The van der Waals surface area contributed by atoms with Gasteiger partial charge < -0.3 is 20.1 Å². The summed E-state index contributed by atoms with van der Waals surface area (Å²) in [6, 6.07) is 12.6. The molecule has 1 aliphatic heterocycles. The number of hydrogen-bond donors (Lipinski definition) is 1. The topological polar surface area (TPSA) is 81.9 Å². The van der Waals surface area contributed by atoms with E-state index in [-0.39, 0.29) is 5.91 Å². The Morgan fingerprint density at radius 2 is 2.00 bits per heavy atom. The number of anilines is 1. The Kier molecular flexibility index (Phi) is 5.99. The first kappa shape index (κ1) is 19.9. The summed E-state index contributed by atoms with van der Waals surface area (Å²) in [4.78, 5) is 26.1. The van der Waals surface area contributed by atoms with E-state index in [0.717, 1.165) is 23.2 Å². The number of methoxy groups -OCH3 is 1. The van der Waals surface area contributed by atoms with E-state index in [9.17, 15) is 9.59 Å². The molecule has 6 nitrogen and oxygen atoms in total. The third kappa shape index (κ3) is 4.34. The van der Waals surface area contributed by atoms with Crippen LogP contribution in [0.3, 0.4) is 0 Å². The SMILES string of the molecule is COC(=O)Oc1ccc(CC(N)C(=O)N2CC(C)Cc3ccccc32)c(C)c1. The maximum Gasteiger partial charge on any atom is 0.513 e. The van der Waals surface area contributed by atoms with E-state index in [0.29, 0.717) is 24.6 Å². The molecule has 1 amide bonds. The molecule has 0 saturated carbocycles. The number of nitrogens with two attached hydrogens (primary N) is 1. The summed E-state index contributed by atoms with van der Waals surface area (Å²) in [6.45, 7) is 4.72. The summed E-state index contributed by atoms with van der Waals surface area (Å²) in [5.74, 6) is 0.711. The third-order valence-electron chi connectivity index (χ3n) is 5.05. The van der Waals surface area contributed by atoms with Crippen LogP contribution < -0.4 is 15.4 Å². The standard InChI is InChI=1S/C22H26N2O4/c1-14-10-17-6-4-5-7-20(17)24(13-14)21(25)19(23)12-16-8-9-18(11-15(16)2)28-22(26)27-3/h4-9,11,14,19H,10,12-13,23H2,1-3H3. The summed E-state index contributed by atoms with van der Waals surface area (Å²) < 4.78 is 9.52. The average Bonchev–Trinajstić information content (AvgIpc) is 2.68. The number of fused-ring (bicyclic) bond motifs is 1. The number of hydrogen-bond acceptors (Lipinski definition) is 5. The molecule has 2 N–H and O–H groups in total. The van der Waals surface area contributed by atoms with E-state index in [1.165, 1.54) is 12.7 Å². The molecule has 2 unspecified atom stereocenters. The van der Waals surface area contributed by atoms with Crippen LogP contribution in [-0.2, 0) is 22.4 Å². The molecule has 2 atom stereocenters. The normalized spacial score (nSPS) is 16.9. The van der Waals surface area contributed by atoms with Gasteiger partial charge in [0.2, 0.25) is 5.91 Å². The van der Waals surface area contributed by atoms with Crippen LogP contribution in [0.5, 0.6) is 5.75 Å². The number of nitrogens with zero attached hydrogens (tertiary/aromatic N) is 1. The lowest BCUT2D eigenvalue weighted by Crippen LogP contribution is -2.48. The van der Waals surface area contributed by atoms with Crippen LogP contribution in [0.25, 0.3) is 0 Å². The molecule has 0 aromatic heterocycles. The summed E-state index contributed by atoms with van der Waals surface area (Å²) in [6.07, 6.45) is 0.614. The van der Waals surface area contributed by atoms with Crippen LogP contribution in [0, 0.1) is 12.8 Å². The molecule has 0 radical (unpaired) electrons. The van der Waals surface area contributed by atoms with Crippen molar-refractivity contribution >= 4 is 17.7 Å². The van der Waals surface area contributed by atoms with E-state index < -0.39 is 12.2 Å². The second kappa shape index (κ2) is 8.44. The lowest BCUT2D eigenvalue weighted by atomic mass is 9.92. The molecule has 0 spiro atoms. The van der Waals surface area contributed by atoms with Gasteiger partial charge in [0.25, 0.3) is 0 Å². The van der Waals surface area contributed by atoms with Crippen LogP contribution >= 0.6 is 0 Å². The van der Waals surface area contributed by atoms with Crippen molar-refractivity contribution < 1.29 is 19.1 Å². The van der Waals surface area contributed by atoms with Gasteiger partial charge in [-0.05, 0) is 60.6 Å². The Labute approximate surface area is 165 Å². The fourth-order valence-electron chi connectivity index (χ4n) is 3.63. The van der Waals surface area contributed by atoms with E-state index in [4.69, 9.17) is 10.5 Å². The molecular weight excluding hydrogens is 356 g/mol. The van der Waals surface area contributed by atoms with Gasteiger partial charge in [-0.1, -0.05) is 31.2 Å². The van der Waals surface area contributed by atoms with Crippen molar-refractivity contribution in [3.8, 4) is 5.75 Å². The Bertz CT molecular complexity index is 881. The number of carbonyl (C=O) groups is 2. The Balaban J connectivity index is 1.74. The van der Waals surface area contributed by atoms with Crippen molar-refractivity contribution in [2.75, 3.05) is 18.6 Å². The van der Waals surface area contributed by atoms with E-state index in [1.54, 1.807) is 12.1 Å². The van der Waals surface area contributed by atoms with Crippen molar-refractivity contribution in [2.24, 2.45) is 11.7 Å². The van der Waals surface area contributed by atoms with Crippen LogP contribution in [0.1, 0.15) is 23.6 Å². The number of aryl methyl sites for hydroxylation is 1. The fourth-order valence-corrected chi connectivity index (χ4v) is 3.63. The molecule has 148 valence electrons. The molecule has 0 saturated heterocycles. The largest absolute Gasteiger partial charge is 0.513 e. The summed E-state index contributed by atoms with van der Waals surface area (Å²) in [7, 11) is 1.26. The summed E-state index contributed by atoms with van der Waals surface area (Å²) in [5.41, 5.74) is 10.3. The fraction of sp³-hybridized carbons (Fsp3) is 0.364. The van der Waals surface area contributed by atoms with Gasteiger partial charge in [0.05, 0.1) is 13.2 Å². The predicted octanol–water partition coefficient (Wildman–Crippen LogP) is 3.24. The maximum atomic E-state index is 13.1. The summed E-state index contributed by atoms with van der Waals surface area (Å²) in [5, 5.41) is 0. The van der Waals surface area contributed by atoms with Crippen molar-refractivity contribution in [2.45, 2.75) is 32.7 Å². The van der Waals surface area contributed by atoms with E-state index >= 15 is 0 Å². The maximum absolute atomic E-state index is 13.1. The molecule has 3 rings (SSSR count).